The Kier molecular flexibility index (Phi) is 2.28. The van der Waals surface area contributed by atoms with Crippen molar-refractivity contribution in [1.29, 1.82) is 0 Å². The molecule has 1 aromatic heterocycles. The summed E-state index contributed by atoms with van der Waals surface area (Å²) in [6.07, 6.45) is 0.812. The molecule has 1 aromatic carbocycles. The molecule has 1 heterocycles. The number of fused-ring (bicyclic) bond motifs is 1. The number of aryl methyl sites for hydroxylation is 1. The van der Waals surface area contributed by atoms with Crippen LogP contribution in [0.5, 0.6) is 0 Å². The Hall–Kier alpha value is -1.69. The topological polar surface area (TPSA) is 82.0 Å². The molecule has 0 bridgehead atoms. The van der Waals surface area contributed by atoms with E-state index in [2.05, 4.69) is 4.98 Å². The number of nitrogens with two attached hydrogens (primary N) is 1. The van der Waals surface area contributed by atoms with E-state index < -0.39 is 4.92 Å². The number of thiazole rings is 1. The van der Waals surface area contributed by atoms with Gasteiger partial charge >= 0.3 is 0 Å². The number of nitro groups is 1. The molecule has 0 atom stereocenters. The number of aromatic nitrogens is 1. The highest BCUT2D eigenvalue weighted by Crippen LogP contribution is 2.31. The second-order valence-electron chi connectivity index (χ2n) is 3.10. The van der Waals surface area contributed by atoms with Crippen molar-refractivity contribution in [2.45, 2.75) is 13.3 Å². The van der Waals surface area contributed by atoms with Crippen LogP contribution in [0.15, 0.2) is 12.1 Å². The van der Waals surface area contributed by atoms with E-state index in [1.807, 2.05) is 6.92 Å². The van der Waals surface area contributed by atoms with E-state index in [9.17, 15) is 10.1 Å². The highest BCUT2D eigenvalue weighted by Gasteiger charge is 2.13. The molecule has 0 aliphatic heterocycles. The zero-order valence-electron chi connectivity index (χ0n) is 8.06. The van der Waals surface area contributed by atoms with Gasteiger partial charge in [0.2, 0.25) is 0 Å². The fraction of sp³-hybridized carbons (Fsp3) is 0.222. The van der Waals surface area contributed by atoms with Gasteiger partial charge in [-0.25, -0.2) is 4.98 Å². The zero-order chi connectivity index (χ0) is 11.0. The van der Waals surface area contributed by atoms with Crippen molar-refractivity contribution in [3.63, 3.8) is 0 Å². The van der Waals surface area contributed by atoms with Crippen LogP contribution in [0, 0.1) is 10.1 Å². The summed E-state index contributed by atoms with van der Waals surface area (Å²) in [6, 6.07) is 2.87. The maximum atomic E-state index is 10.6. The van der Waals surface area contributed by atoms with Crippen LogP contribution in [-0.2, 0) is 6.42 Å². The van der Waals surface area contributed by atoms with Crippen molar-refractivity contribution in [3.05, 3.63) is 27.3 Å². The van der Waals surface area contributed by atoms with Gasteiger partial charge in [0.15, 0.2) is 0 Å². The molecule has 0 radical (unpaired) electrons. The Balaban J connectivity index is 2.70. The van der Waals surface area contributed by atoms with Gasteiger partial charge in [0.05, 0.1) is 20.3 Å². The first kappa shape index (κ1) is 9.85. The maximum absolute atomic E-state index is 10.6. The third-order valence-electron chi connectivity index (χ3n) is 2.07. The Bertz CT molecular complexity index is 535. The van der Waals surface area contributed by atoms with Gasteiger partial charge in [0.1, 0.15) is 5.52 Å². The van der Waals surface area contributed by atoms with Crippen molar-refractivity contribution in [2.24, 2.45) is 0 Å². The number of hydrogen-bond acceptors (Lipinski definition) is 5. The fourth-order valence-electron chi connectivity index (χ4n) is 1.34. The Morgan fingerprint density at radius 1 is 1.60 bits per heavy atom. The number of nitrogens with zero attached hydrogens (tertiary/aromatic N) is 2. The predicted molar refractivity (Wildman–Crippen MR) is 60.1 cm³/mol. The van der Waals surface area contributed by atoms with Crippen LogP contribution in [0.2, 0.25) is 0 Å². The minimum Gasteiger partial charge on any atom is -0.397 e. The standard InChI is InChI=1S/C9H9N3O2S/c1-2-8-11-9-6(10)3-5(12(13)14)4-7(9)15-8/h3-4H,2,10H2,1H3. The first-order chi connectivity index (χ1) is 7.11. The second kappa shape index (κ2) is 3.47. The third-order valence-corrected chi connectivity index (χ3v) is 3.21. The van der Waals surface area contributed by atoms with Crippen LogP contribution in [0.4, 0.5) is 11.4 Å². The lowest BCUT2D eigenvalue weighted by atomic mass is 10.2. The second-order valence-corrected chi connectivity index (χ2v) is 4.22. The van der Waals surface area contributed by atoms with E-state index >= 15 is 0 Å². The van der Waals surface area contributed by atoms with E-state index in [-0.39, 0.29) is 5.69 Å². The lowest BCUT2D eigenvalue weighted by molar-refractivity contribution is -0.384. The summed E-state index contributed by atoms with van der Waals surface area (Å²) in [5.74, 6) is 0. The van der Waals surface area contributed by atoms with Crippen molar-refractivity contribution in [3.8, 4) is 0 Å². The summed E-state index contributed by atoms with van der Waals surface area (Å²) in [6.45, 7) is 1.99. The van der Waals surface area contributed by atoms with Gasteiger partial charge < -0.3 is 5.73 Å². The van der Waals surface area contributed by atoms with Gasteiger partial charge in [-0.15, -0.1) is 11.3 Å². The van der Waals surface area contributed by atoms with Crippen molar-refractivity contribution in [2.75, 3.05) is 5.73 Å². The minimum atomic E-state index is -0.443. The molecule has 0 spiro atoms. The van der Waals surface area contributed by atoms with Gasteiger partial charge in [-0.1, -0.05) is 6.92 Å². The summed E-state index contributed by atoms with van der Waals surface area (Å²) in [5, 5.41) is 11.5. The molecule has 5 nitrogen and oxygen atoms in total. The number of anilines is 1. The van der Waals surface area contributed by atoms with Crippen LogP contribution in [-0.4, -0.2) is 9.91 Å². The predicted octanol–water partition coefficient (Wildman–Crippen LogP) is 2.35. The van der Waals surface area contributed by atoms with E-state index in [4.69, 9.17) is 5.73 Å². The monoisotopic (exact) mass is 223 g/mol. The molecule has 0 aliphatic carbocycles. The van der Waals surface area contributed by atoms with E-state index in [0.717, 1.165) is 16.1 Å². The van der Waals surface area contributed by atoms with E-state index in [1.54, 1.807) is 0 Å². The number of benzene rings is 1. The van der Waals surface area contributed by atoms with Crippen molar-refractivity contribution >= 4 is 32.9 Å². The highest BCUT2D eigenvalue weighted by molar-refractivity contribution is 7.18. The fourth-order valence-corrected chi connectivity index (χ4v) is 2.32. The molecular formula is C9H9N3O2S. The average molecular weight is 223 g/mol. The number of nitro benzene ring substituents is 1. The summed E-state index contributed by atoms with van der Waals surface area (Å²) < 4.78 is 0.776. The molecule has 0 fully saturated rings. The summed E-state index contributed by atoms with van der Waals surface area (Å²) in [5.41, 5.74) is 6.76. The summed E-state index contributed by atoms with van der Waals surface area (Å²) in [7, 11) is 0. The van der Waals surface area contributed by atoms with Gasteiger partial charge in [-0.2, -0.15) is 0 Å². The summed E-state index contributed by atoms with van der Waals surface area (Å²) >= 11 is 1.45. The number of rotatable bonds is 2. The van der Waals surface area contributed by atoms with Gasteiger partial charge in [-0.05, 0) is 6.42 Å². The van der Waals surface area contributed by atoms with Gasteiger partial charge in [0.25, 0.3) is 5.69 Å². The van der Waals surface area contributed by atoms with E-state index in [0.29, 0.717) is 11.2 Å². The van der Waals surface area contributed by atoms with Crippen LogP contribution in [0.1, 0.15) is 11.9 Å². The molecule has 0 aliphatic rings. The first-order valence-electron chi connectivity index (χ1n) is 4.45. The van der Waals surface area contributed by atoms with E-state index in [1.165, 1.54) is 23.5 Å². The van der Waals surface area contributed by atoms with Crippen molar-refractivity contribution < 1.29 is 4.92 Å². The van der Waals surface area contributed by atoms with Crippen molar-refractivity contribution in [1.82, 2.24) is 4.98 Å². The average Bonchev–Trinajstić information content (AvgIpc) is 2.61. The molecule has 6 heteroatoms. The third kappa shape index (κ3) is 1.63. The zero-order valence-corrected chi connectivity index (χ0v) is 8.87. The molecule has 0 saturated heterocycles. The molecule has 2 aromatic rings. The van der Waals surface area contributed by atoms with Crippen LogP contribution in [0.25, 0.3) is 10.2 Å². The molecule has 0 saturated carbocycles. The van der Waals surface area contributed by atoms with Crippen LogP contribution in [0.3, 0.4) is 0 Å². The SMILES string of the molecule is CCc1nc2c(N)cc([N+](=O)[O-])cc2s1. The molecule has 15 heavy (non-hydrogen) atoms. The van der Waals surface area contributed by atoms with Gasteiger partial charge in [-0.3, -0.25) is 10.1 Å². The minimum absolute atomic E-state index is 0.0197. The Morgan fingerprint density at radius 2 is 2.33 bits per heavy atom. The molecule has 78 valence electrons. The van der Waals surface area contributed by atoms with Crippen LogP contribution >= 0.6 is 11.3 Å². The smallest absolute Gasteiger partial charge is 0.273 e. The highest BCUT2D eigenvalue weighted by atomic mass is 32.1. The summed E-state index contributed by atoms with van der Waals surface area (Å²) in [4.78, 5) is 14.5. The maximum Gasteiger partial charge on any atom is 0.273 e. The molecule has 0 amide bonds. The lowest BCUT2D eigenvalue weighted by Crippen LogP contribution is -1.92. The quantitative estimate of drug-likeness (QED) is 0.481. The molecular weight excluding hydrogens is 214 g/mol. The largest absolute Gasteiger partial charge is 0.397 e. The van der Waals surface area contributed by atoms with Crippen LogP contribution < -0.4 is 5.73 Å². The first-order valence-corrected chi connectivity index (χ1v) is 5.26. The normalized spacial score (nSPS) is 10.7. The number of non-ortho nitro benzene ring substituents is 1. The molecule has 2 rings (SSSR count). The molecule has 2 N–H and O–H groups in total. The number of hydrogen-bond donors (Lipinski definition) is 1. The van der Waals surface area contributed by atoms with Gasteiger partial charge in [0, 0.05) is 12.1 Å². The number of nitrogen functional groups attached to an aromatic ring is 1. The lowest BCUT2D eigenvalue weighted by Gasteiger charge is -1.94. The Labute approximate surface area is 89.7 Å². The Morgan fingerprint density at radius 3 is 2.93 bits per heavy atom. The molecule has 0 unspecified atom stereocenters.